The Morgan fingerprint density at radius 2 is 1.68 bits per heavy atom. The van der Waals surface area contributed by atoms with Crippen LogP contribution >= 0.6 is 0 Å². The Labute approximate surface area is 173 Å². The van der Waals surface area contributed by atoms with Crippen molar-refractivity contribution in [3.8, 4) is 11.4 Å². The number of alkyl halides is 3. The maximum atomic E-state index is 13.8. The largest absolute Gasteiger partial charge is 0.487 e. The summed E-state index contributed by atoms with van der Waals surface area (Å²) in [5, 5.41) is 15.1. The normalized spacial score (nSPS) is 13.9. The van der Waals surface area contributed by atoms with Crippen LogP contribution in [-0.4, -0.2) is 27.7 Å². The number of fused-ring (bicyclic) bond motifs is 1. The van der Waals surface area contributed by atoms with Gasteiger partial charge in [-0.2, -0.15) is 18.3 Å². The van der Waals surface area contributed by atoms with Crippen molar-refractivity contribution in [3.05, 3.63) is 90.1 Å². The van der Waals surface area contributed by atoms with Crippen molar-refractivity contribution in [2.45, 2.75) is 11.8 Å². The Hall–Kier alpha value is -3.46. The molecule has 0 amide bonds. The van der Waals surface area contributed by atoms with Gasteiger partial charge in [0.2, 0.25) is 5.60 Å². The van der Waals surface area contributed by atoms with Gasteiger partial charge in [0.25, 0.3) is 0 Å². The number of rotatable bonds is 5. The minimum atomic E-state index is -5.13. The second kappa shape index (κ2) is 7.66. The van der Waals surface area contributed by atoms with E-state index >= 15 is 0 Å². The Morgan fingerprint density at radius 3 is 2.35 bits per heavy atom. The highest BCUT2D eigenvalue weighted by Crippen LogP contribution is 2.40. The van der Waals surface area contributed by atoms with Gasteiger partial charge in [-0.1, -0.05) is 24.3 Å². The van der Waals surface area contributed by atoms with Gasteiger partial charge in [0.1, 0.15) is 12.4 Å². The second-order valence-corrected chi connectivity index (χ2v) is 6.89. The van der Waals surface area contributed by atoms with E-state index in [1.54, 1.807) is 28.9 Å². The zero-order valence-electron chi connectivity index (χ0n) is 15.8. The van der Waals surface area contributed by atoms with Crippen LogP contribution in [0.4, 0.5) is 22.0 Å². The summed E-state index contributed by atoms with van der Waals surface area (Å²) >= 11 is 0. The maximum Gasteiger partial charge on any atom is 0.424 e. The molecule has 0 saturated carbocycles. The minimum absolute atomic E-state index is 0.358. The van der Waals surface area contributed by atoms with Gasteiger partial charge in [0, 0.05) is 11.5 Å². The van der Waals surface area contributed by atoms with E-state index in [-0.39, 0.29) is 0 Å². The molecule has 0 spiro atoms. The van der Waals surface area contributed by atoms with Crippen molar-refractivity contribution in [1.82, 2.24) is 9.78 Å². The highest BCUT2D eigenvalue weighted by Gasteiger charge is 2.56. The second-order valence-electron chi connectivity index (χ2n) is 6.89. The first-order valence-electron chi connectivity index (χ1n) is 9.10. The number of ether oxygens (including phenoxy) is 1. The number of halogens is 5. The van der Waals surface area contributed by atoms with Crippen molar-refractivity contribution >= 4 is 10.9 Å². The lowest BCUT2D eigenvalue weighted by molar-refractivity contribution is -0.275. The molecule has 1 N–H and O–H groups in total. The fourth-order valence-corrected chi connectivity index (χ4v) is 3.17. The molecule has 0 aliphatic heterocycles. The van der Waals surface area contributed by atoms with Gasteiger partial charge in [0.05, 0.1) is 17.4 Å². The lowest BCUT2D eigenvalue weighted by Gasteiger charge is -2.31. The number of aromatic nitrogens is 2. The molecule has 0 bridgehead atoms. The van der Waals surface area contributed by atoms with Crippen LogP contribution in [0.2, 0.25) is 0 Å². The standard InChI is InChI=1S/C22H15F5N2O2/c23-16-7-9-20(18(24)11-16)31-13-21(30,22(25,26)27)15-6-8-19-14(10-15)12-28-29(19)17-4-2-1-3-5-17/h1-12,30H,13H2. The fraction of sp³-hybridized carbons (Fsp3) is 0.136. The van der Waals surface area contributed by atoms with Crippen molar-refractivity contribution in [1.29, 1.82) is 0 Å². The van der Waals surface area contributed by atoms with E-state index in [4.69, 9.17) is 4.74 Å². The number of benzene rings is 3. The number of aliphatic hydroxyl groups is 1. The zero-order valence-corrected chi connectivity index (χ0v) is 15.8. The molecule has 1 heterocycles. The highest BCUT2D eigenvalue weighted by molar-refractivity contribution is 5.81. The Morgan fingerprint density at radius 1 is 0.935 bits per heavy atom. The van der Waals surface area contributed by atoms with E-state index in [1.807, 2.05) is 6.07 Å². The third-order valence-corrected chi connectivity index (χ3v) is 4.85. The Kier molecular flexibility index (Phi) is 5.14. The molecule has 0 aliphatic carbocycles. The molecule has 1 atom stereocenters. The summed E-state index contributed by atoms with van der Waals surface area (Å²) in [6.45, 7) is -1.32. The molecule has 0 fully saturated rings. The van der Waals surface area contributed by atoms with E-state index in [9.17, 15) is 27.1 Å². The van der Waals surface area contributed by atoms with Crippen molar-refractivity contribution < 1.29 is 31.8 Å². The van der Waals surface area contributed by atoms with Crippen LogP contribution in [0.5, 0.6) is 5.75 Å². The molecular weight excluding hydrogens is 419 g/mol. The first-order valence-corrected chi connectivity index (χ1v) is 9.10. The molecule has 160 valence electrons. The summed E-state index contributed by atoms with van der Waals surface area (Å²) in [6.07, 6.45) is -3.75. The average molecular weight is 434 g/mol. The molecule has 9 heteroatoms. The lowest BCUT2D eigenvalue weighted by Crippen LogP contribution is -2.47. The molecule has 0 aliphatic rings. The molecular formula is C22H15F5N2O2. The van der Waals surface area contributed by atoms with Crippen LogP contribution in [-0.2, 0) is 5.60 Å². The van der Waals surface area contributed by atoms with Gasteiger partial charge in [-0.25, -0.2) is 13.5 Å². The Balaban J connectivity index is 1.70. The molecule has 31 heavy (non-hydrogen) atoms. The van der Waals surface area contributed by atoms with E-state index in [2.05, 4.69) is 5.10 Å². The average Bonchev–Trinajstić information content (AvgIpc) is 3.16. The number of para-hydroxylation sites is 1. The predicted octanol–water partition coefficient (Wildman–Crippen LogP) is 5.13. The quantitative estimate of drug-likeness (QED) is 0.443. The summed E-state index contributed by atoms with van der Waals surface area (Å²) in [4.78, 5) is 0. The van der Waals surface area contributed by atoms with E-state index in [0.717, 1.165) is 24.3 Å². The molecule has 1 aromatic heterocycles. The predicted molar refractivity (Wildman–Crippen MR) is 103 cm³/mol. The van der Waals surface area contributed by atoms with Gasteiger partial charge < -0.3 is 9.84 Å². The summed E-state index contributed by atoms with van der Waals surface area (Å²) in [7, 11) is 0. The molecule has 3 aromatic carbocycles. The number of hydrogen-bond donors (Lipinski definition) is 1. The van der Waals surface area contributed by atoms with Gasteiger partial charge in [-0.15, -0.1) is 0 Å². The number of nitrogens with zero attached hydrogens (tertiary/aromatic N) is 2. The van der Waals surface area contributed by atoms with Crippen LogP contribution < -0.4 is 4.74 Å². The summed E-state index contributed by atoms with van der Waals surface area (Å²) < 4.78 is 74.7. The first kappa shape index (κ1) is 20.8. The van der Waals surface area contributed by atoms with Gasteiger partial charge in [0.15, 0.2) is 11.6 Å². The lowest BCUT2D eigenvalue weighted by atomic mass is 9.93. The minimum Gasteiger partial charge on any atom is -0.487 e. The highest BCUT2D eigenvalue weighted by atomic mass is 19.4. The smallest absolute Gasteiger partial charge is 0.424 e. The third-order valence-electron chi connectivity index (χ3n) is 4.85. The SMILES string of the molecule is OC(COc1ccc(F)cc1F)(c1ccc2c(cnn2-c2ccccc2)c1)C(F)(F)F. The molecule has 1 unspecified atom stereocenters. The van der Waals surface area contributed by atoms with Crippen molar-refractivity contribution in [2.24, 2.45) is 0 Å². The van der Waals surface area contributed by atoms with Gasteiger partial charge in [-0.3, -0.25) is 0 Å². The van der Waals surface area contributed by atoms with Crippen LogP contribution in [0.15, 0.2) is 72.9 Å². The van der Waals surface area contributed by atoms with E-state index in [1.165, 1.54) is 12.3 Å². The van der Waals surface area contributed by atoms with Crippen molar-refractivity contribution in [3.63, 3.8) is 0 Å². The van der Waals surface area contributed by atoms with E-state index < -0.39 is 41.3 Å². The molecule has 0 saturated heterocycles. The third kappa shape index (κ3) is 3.84. The Bertz CT molecular complexity index is 1220. The number of hydrogen-bond acceptors (Lipinski definition) is 3. The van der Waals surface area contributed by atoms with Crippen LogP contribution in [0.25, 0.3) is 16.6 Å². The monoisotopic (exact) mass is 434 g/mol. The fourth-order valence-electron chi connectivity index (χ4n) is 3.17. The van der Waals surface area contributed by atoms with Gasteiger partial charge in [-0.05, 0) is 42.0 Å². The molecule has 4 nitrogen and oxygen atoms in total. The molecule has 4 aromatic rings. The molecule has 4 rings (SSSR count). The molecule has 0 radical (unpaired) electrons. The van der Waals surface area contributed by atoms with Crippen molar-refractivity contribution in [2.75, 3.05) is 6.61 Å². The first-order chi connectivity index (χ1) is 14.7. The summed E-state index contributed by atoms with van der Waals surface area (Å²) in [5.74, 6) is -2.69. The van der Waals surface area contributed by atoms with Crippen LogP contribution in [0.1, 0.15) is 5.56 Å². The summed E-state index contributed by atoms with van der Waals surface area (Å²) in [5.41, 5.74) is -2.68. The summed E-state index contributed by atoms with van der Waals surface area (Å²) in [6, 6.07) is 14.8. The van der Waals surface area contributed by atoms with Gasteiger partial charge >= 0.3 is 6.18 Å². The van der Waals surface area contributed by atoms with Crippen LogP contribution in [0, 0.1) is 11.6 Å². The van der Waals surface area contributed by atoms with E-state index in [0.29, 0.717) is 22.7 Å². The zero-order chi connectivity index (χ0) is 22.2. The maximum absolute atomic E-state index is 13.8. The van der Waals surface area contributed by atoms with Crippen LogP contribution in [0.3, 0.4) is 0 Å². The topological polar surface area (TPSA) is 47.3 Å².